The van der Waals surface area contributed by atoms with E-state index >= 15 is 0 Å². The molecule has 0 saturated carbocycles. The molecule has 1 aliphatic heterocycles. The summed E-state index contributed by atoms with van der Waals surface area (Å²) >= 11 is 0. The molecule has 0 unspecified atom stereocenters. The van der Waals surface area contributed by atoms with E-state index in [4.69, 9.17) is 13.9 Å². The van der Waals surface area contributed by atoms with Crippen LogP contribution in [0.25, 0.3) is 11.5 Å². The van der Waals surface area contributed by atoms with Gasteiger partial charge in [-0.2, -0.15) is 0 Å². The van der Waals surface area contributed by atoms with Crippen molar-refractivity contribution in [1.29, 1.82) is 0 Å². The normalized spacial score (nSPS) is 22.4. The summed E-state index contributed by atoms with van der Waals surface area (Å²) in [6, 6.07) is 6.23. The van der Waals surface area contributed by atoms with Crippen LogP contribution in [0.5, 0.6) is 0 Å². The number of carbonyl (C=O) groups is 1. The van der Waals surface area contributed by atoms with Gasteiger partial charge >= 0.3 is 0 Å². The first-order valence-corrected chi connectivity index (χ1v) is 9.82. The quantitative estimate of drug-likeness (QED) is 0.680. The number of benzene rings is 1. The predicted molar refractivity (Wildman–Crippen MR) is 103 cm³/mol. The molecule has 3 rings (SSSR count). The zero-order chi connectivity index (χ0) is 20.3. The fourth-order valence-corrected chi connectivity index (χ4v) is 3.31. The molecule has 1 fully saturated rings. The molecule has 1 aliphatic rings. The fourth-order valence-electron chi connectivity index (χ4n) is 3.31. The highest BCUT2D eigenvalue weighted by molar-refractivity contribution is 5.72. The third-order valence-electron chi connectivity index (χ3n) is 5.48. The number of rotatable bonds is 7. The molecule has 1 saturated heterocycles. The van der Waals surface area contributed by atoms with E-state index in [-0.39, 0.29) is 5.92 Å². The van der Waals surface area contributed by atoms with Crippen LogP contribution < -0.4 is 5.11 Å². The number of unbranched alkanes of at least 4 members (excludes halogenated alkanes) is 1. The van der Waals surface area contributed by atoms with Gasteiger partial charge in [-0.1, -0.05) is 12.5 Å². The Hall–Kier alpha value is -2.18. The Bertz CT molecular complexity index is 833. The molecule has 2 heterocycles. The number of hydrogen-bond acceptors (Lipinski definition) is 6. The van der Waals surface area contributed by atoms with Crippen LogP contribution in [0.4, 0.5) is 0 Å². The second-order valence-corrected chi connectivity index (χ2v) is 7.79. The topological polar surface area (TPSA) is 84.6 Å². The van der Waals surface area contributed by atoms with Crippen molar-refractivity contribution in [3.8, 4) is 11.5 Å². The lowest BCUT2D eigenvalue weighted by Crippen LogP contribution is -2.54. The van der Waals surface area contributed by atoms with E-state index in [1.807, 2.05) is 13.0 Å². The molecule has 2 aromatic rings. The largest absolute Gasteiger partial charge is 0.544 e. The monoisotopic (exact) mass is 386 g/mol. The number of hydrogen-bond donors (Lipinski definition) is 0. The van der Waals surface area contributed by atoms with Gasteiger partial charge < -0.3 is 23.8 Å². The van der Waals surface area contributed by atoms with E-state index in [0.29, 0.717) is 19.1 Å². The van der Waals surface area contributed by atoms with Crippen LogP contribution in [0.3, 0.4) is 0 Å². The van der Waals surface area contributed by atoms with Gasteiger partial charge in [0, 0.05) is 11.5 Å². The van der Waals surface area contributed by atoms with E-state index < -0.39 is 11.8 Å². The van der Waals surface area contributed by atoms with Crippen molar-refractivity contribution in [2.45, 2.75) is 59.2 Å². The van der Waals surface area contributed by atoms with E-state index in [1.54, 1.807) is 0 Å². The average molecular weight is 386 g/mol. The summed E-state index contributed by atoms with van der Waals surface area (Å²) in [4.78, 5) is 15.7. The lowest BCUT2D eigenvalue weighted by Gasteiger charge is -2.38. The van der Waals surface area contributed by atoms with Crippen LogP contribution in [0.1, 0.15) is 48.8 Å². The van der Waals surface area contributed by atoms with Crippen LogP contribution in [0.15, 0.2) is 22.6 Å². The Balaban J connectivity index is 1.48. The van der Waals surface area contributed by atoms with Crippen molar-refractivity contribution in [3.05, 3.63) is 40.8 Å². The number of carbonyl (C=O) groups excluding carboxylic acids is 1. The maximum atomic E-state index is 11.0. The Morgan fingerprint density at radius 1 is 1.18 bits per heavy atom. The molecule has 0 N–H and O–H groups in total. The summed E-state index contributed by atoms with van der Waals surface area (Å²) in [5, 5.41) is 11.0. The lowest BCUT2D eigenvalue weighted by atomic mass is 10.0. The molecular weight excluding hydrogens is 358 g/mol. The Morgan fingerprint density at radius 2 is 1.89 bits per heavy atom. The fraction of sp³-hybridized carbons (Fsp3) is 0.545. The second kappa shape index (κ2) is 8.45. The molecule has 6 heteroatoms. The summed E-state index contributed by atoms with van der Waals surface area (Å²) in [5.74, 6) is -1.20. The highest BCUT2D eigenvalue weighted by Gasteiger charge is 2.34. The van der Waals surface area contributed by atoms with Crippen LogP contribution in [-0.2, 0) is 20.7 Å². The molecule has 0 amide bonds. The Kier molecular flexibility index (Phi) is 6.20. The third kappa shape index (κ3) is 4.62. The summed E-state index contributed by atoms with van der Waals surface area (Å²) in [6.07, 6.45) is 3.74. The van der Waals surface area contributed by atoms with Gasteiger partial charge in [0.15, 0.2) is 0 Å². The van der Waals surface area contributed by atoms with Crippen LogP contribution in [0.2, 0.25) is 0 Å². The number of aliphatic carboxylic acids is 1. The van der Waals surface area contributed by atoms with Crippen molar-refractivity contribution in [2.24, 2.45) is 5.92 Å². The van der Waals surface area contributed by atoms with Crippen molar-refractivity contribution in [1.82, 2.24) is 4.98 Å². The van der Waals surface area contributed by atoms with E-state index in [2.05, 4.69) is 31.0 Å². The van der Waals surface area contributed by atoms with Gasteiger partial charge in [-0.3, -0.25) is 0 Å². The zero-order valence-corrected chi connectivity index (χ0v) is 17.0. The molecule has 0 radical (unpaired) electrons. The minimum atomic E-state index is -1.61. The Labute approximate surface area is 165 Å². The van der Waals surface area contributed by atoms with Gasteiger partial charge in [-0.05, 0) is 70.2 Å². The van der Waals surface area contributed by atoms with Gasteiger partial charge in [0.25, 0.3) is 0 Å². The van der Waals surface area contributed by atoms with Gasteiger partial charge in [0.05, 0.1) is 18.9 Å². The number of aryl methyl sites for hydroxylation is 4. The minimum Gasteiger partial charge on any atom is -0.544 e. The highest BCUT2D eigenvalue weighted by atomic mass is 16.7. The van der Waals surface area contributed by atoms with Gasteiger partial charge in [0.1, 0.15) is 11.7 Å². The average Bonchev–Trinajstić information content (AvgIpc) is 3.03. The molecule has 6 nitrogen and oxygen atoms in total. The standard InChI is InChI=1S/C22H29NO5/c1-14-9-10-18(11-15(14)2)20-23-19(16(3)28-20)8-6-5-7-17-12-26-22(4,21(24)25)27-13-17/h9-11,17H,5-8,12-13H2,1-4H3,(H,24,25)/p-1. The lowest BCUT2D eigenvalue weighted by molar-refractivity contribution is -0.366. The highest BCUT2D eigenvalue weighted by Crippen LogP contribution is 2.26. The van der Waals surface area contributed by atoms with Gasteiger partial charge in [-0.25, -0.2) is 4.98 Å². The predicted octanol–water partition coefficient (Wildman–Crippen LogP) is 3.11. The van der Waals surface area contributed by atoms with Crippen molar-refractivity contribution in [3.63, 3.8) is 0 Å². The molecular formula is C22H28NO5-. The summed E-state index contributed by atoms with van der Waals surface area (Å²) in [7, 11) is 0. The second-order valence-electron chi connectivity index (χ2n) is 7.79. The molecule has 0 atom stereocenters. The van der Waals surface area contributed by atoms with E-state index in [1.165, 1.54) is 18.1 Å². The summed E-state index contributed by atoms with van der Waals surface area (Å²) < 4.78 is 16.5. The summed E-state index contributed by atoms with van der Waals surface area (Å²) in [5.41, 5.74) is 4.48. The van der Waals surface area contributed by atoms with Gasteiger partial charge in [0.2, 0.25) is 11.7 Å². The van der Waals surface area contributed by atoms with E-state index in [9.17, 15) is 9.90 Å². The molecule has 152 valence electrons. The van der Waals surface area contributed by atoms with Gasteiger partial charge in [-0.15, -0.1) is 0 Å². The third-order valence-corrected chi connectivity index (χ3v) is 5.48. The molecule has 28 heavy (non-hydrogen) atoms. The van der Waals surface area contributed by atoms with Crippen molar-refractivity contribution in [2.75, 3.05) is 13.2 Å². The molecule has 0 spiro atoms. The van der Waals surface area contributed by atoms with Crippen LogP contribution in [-0.4, -0.2) is 30.0 Å². The first kappa shape index (κ1) is 20.6. The smallest absolute Gasteiger partial charge is 0.226 e. The first-order chi connectivity index (χ1) is 13.3. The number of nitrogens with zero attached hydrogens (tertiary/aromatic N) is 1. The van der Waals surface area contributed by atoms with Crippen molar-refractivity contribution >= 4 is 5.97 Å². The number of carboxylic acids is 1. The number of aromatic nitrogens is 1. The molecule has 1 aromatic heterocycles. The van der Waals surface area contributed by atoms with Crippen LogP contribution >= 0.6 is 0 Å². The van der Waals surface area contributed by atoms with E-state index in [0.717, 1.165) is 42.7 Å². The number of carboxylic acid groups (broad SMARTS) is 1. The maximum Gasteiger partial charge on any atom is 0.226 e. The maximum absolute atomic E-state index is 11.0. The molecule has 0 bridgehead atoms. The van der Waals surface area contributed by atoms with Crippen molar-refractivity contribution < 1.29 is 23.8 Å². The number of ether oxygens (including phenoxy) is 2. The first-order valence-electron chi connectivity index (χ1n) is 9.82. The zero-order valence-electron chi connectivity index (χ0n) is 17.0. The van der Waals surface area contributed by atoms with Crippen LogP contribution in [0, 0.1) is 26.7 Å². The summed E-state index contributed by atoms with van der Waals surface area (Å²) in [6.45, 7) is 8.28. The molecule has 1 aromatic carbocycles. The Morgan fingerprint density at radius 3 is 2.54 bits per heavy atom. The minimum absolute atomic E-state index is 0.205. The SMILES string of the molecule is Cc1ccc(-c2nc(CCCCC3COC(C)(C(=O)[O-])OC3)c(C)o2)cc1C. The molecule has 0 aliphatic carbocycles. The number of oxazole rings is 1.